The Morgan fingerprint density at radius 3 is 1.27 bits per heavy atom. The summed E-state index contributed by atoms with van der Waals surface area (Å²) in [6.45, 7) is 10.8. The summed E-state index contributed by atoms with van der Waals surface area (Å²) in [5.41, 5.74) is 0. The first-order valence-corrected chi connectivity index (χ1v) is 12.5. The summed E-state index contributed by atoms with van der Waals surface area (Å²) in [6, 6.07) is 1.07. The average molecular weight is 331 g/mol. The molecule has 22 heavy (non-hydrogen) atoms. The molecule has 0 aromatic rings. The van der Waals surface area contributed by atoms with Crippen molar-refractivity contribution in [2.24, 2.45) is 0 Å². The van der Waals surface area contributed by atoms with Crippen LogP contribution in [0.5, 0.6) is 0 Å². The Morgan fingerprint density at radius 2 is 0.909 bits per heavy atom. The van der Waals surface area contributed by atoms with Crippen LogP contribution in [0.15, 0.2) is 0 Å². The van der Waals surface area contributed by atoms with Crippen LogP contribution in [0.25, 0.3) is 0 Å². The lowest BCUT2D eigenvalue weighted by atomic mass is 10.1. The van der Waals surface area contributed by atoms with Crippen molar-refractivity contribution < 1.29 is 8.85 Å². The van der Waals surface area contributed by atoms with Gasteiger partial charge in [0.05, 0.1) is 0 Å². The minimum absolute atomic E-state index is 0.902. The zero-order valence-electron chi connectivity index (χ0n) is 15.9. The summed E-state index contributed by atoms with van der Waals surface area (Å²) in [7, 11) is -1.87. The van der Waals surface area contributed by atoms with Gasteiger partial charge in [0, 0.05) is 13.2 Å². The lowest BCUT2D eigenvalue weighted by Gasteiger charge is -2.26. The second-order valence-corrected chi connectivity index (χ2v) is 10.3. The highest BCUT2D eigenvalue weighted by molar-refractivity contribution is 6.65. The molecule has 0 spiro atoms. The molecule has 0 saturated carbocycles. The van der Waals surface area contributed by atoms with Gasteiger partial charge in [0.1, 0.15) is 0 Å². The maximum absolute atomic E-state index is 6.15. The second kappa shape index (κ2) is 16.0. The van der Waals surface area contributed by atoms with E-state index in [2.05, 4.69) is 27.3 Å². The highest BCUT2D eigenvalue weighted by Crippen LogP contribution is 2.16. The van der Waals surface area contributed by atoms with Crippen molar-refractivity contribution in [2.45, 2.75) is 110 Å². The van der Waals surface area contributed by atoms with Crippen molar-refractivity contribution in [3.63, 3.8) is 0 Å². The Bertz CT molecular complexity index is 203. The van der Waals surface area contributed by atoms with Crippen LogP contribution in [-0.2, 0) is 8.85 Å². The summed E-state index contributed by atoms with van der Waals surface area (Å²) in [6.07, 6.45) is 15.9. The molecule has 0 aromatic heterocycles. The van der Waals surface area contributed by atoms with E-state index in [9.17, 15) is 0 Å². The zero-order chi connectivity index (χ0) is 16.5. The highest BCUT2D eigenvalue weighted by Gasteiger charge is 2.28. The first kappa shape index (κ1) is 22.1. The molecule has 0 atom stereocenters. The van der Waals surface area contributed by atoms with Crippen LogP contribution >= 0.6 is 0 Å². The van der Waals surface area contributed by atoms with E-state index in [1.54, 1.807) is 0 Å². The first-order chi connectivity index (χ1) is 10.7. The van der Waals surface area contributed by atoms with Gasteiger partial charge in [0.15, 0.2) is 0 Å². The molecule has 0 saturated heterocycles. The summed E-state index contributed by atoms with van der Waals surface area (Å²) < 4.78 is 12.3. The lowest BCUT2D eigenvalue weighted by Crippen LogP contribution is -2.38. The van der Waals surface area contributed by atoms with Gasteiger partial charge in [-0.1, -0.05) is 85.0 Å². The SMILES string of the molecule is CCCCCCCCO[Si](C)(CC)OCCCCCCCC. The van der Waals surface area contributed by atoms with Crippen molar-refractivity contribution in [1.82, 2.24) is 0 Å². The molecule has 0 aliphatic rings. The van der Waals surface area contributed by atoms with E-state index in [0.717, 1.165) is 19.3 Å². The normalized spacial score (nSPS) is 12.0. The Balaban J connectivity index is 3.54. The summed E-state index contributed by atoms with van der Waals surface area (Å²) in [5.74, 6) is 0. The van der Waals surface area contributed by atoms with Crippen LogP contribution in [0.1, 0.15) is 97.8 Å². The van der Waals surface area contributed by atoms with Gasteiger partial charge >= 0.3 is 8.56 Å². The monoisotopic (exact) mass is 330 g/mol. The largest absolute Gasteiger partial charge is 0.394 e. The first-order valence-electron chi connectivity index (χ1n) is 9.96. The third-order valence-corrected chi connectivity index (χ3v) is 7.37. The predicted molar refractivity (Wildman–Crippen MR) is 101 cm³/mol. The molecule has 0 aliphatic heterocycles. The van der Waals surface area contributed by atoms with Gasteiger partial charge in [-0.2, -0.15) is 0 Å². The molecule has 0 radical (unpaired) electrons. The van der Waals surface area contributed by atoms with Crippen LogP contribution in [0.3, 0.4) is 0 Å². The van der Waals surface area contributed by atoms with Crippen molar-refractivity contribution in [3.8, 4) is 0 Å². The molecule has 3 heteroatoms. The fourth-order valence-electron chi connectivity index (χ4n) is 2.59. The van der Waals surface area contributed by atoms with Crippen LogP contribution in [0, 0.1) is 0 Å². The molecule has 0 amide bonds. The van der Waals surface area contributed by atoms with Crippen LogP contribution in [-0.4, -0.2) is 21.8 Å². The molecule has 0 rings (SSSR count). The van der Waals surface area contributed by atoms with E-state index < -0.39 is 8.56 Å². The van der Waals surface area contributed by atoms with Gasteiger partial charge in [-0.05, 0) is 25.4 Å². The third-order valence-electron chi connectivity index (χ3n) is 4.45. The molecule has 0 aliphatic carbocycles. The smallest absolute Gasteiger partial charge is 0.334 e. The maximum atomic E-state index is 6.15. The molecule has 0 bridgehead atoms. The summed E-state index contributed by atoms with van der Waals surface area (Å²) in [5, 5.41) is 0. The van der Waals surface area contributed by atoms with E-state index in [1.807, 2.05) is 0 Å². The highest BCUT2D eigenvalue weighted by atomic mass is 28.4. The number of unbranched alkanes of at least 4 members (excludes halogenated alkanes) is 10. The number of rotatable bonds is 17. The molecule has 0 fully saturated rings. The van der Waals surface area contributed by atoms with E-state index in [-0.39, 0.29) is 0 Å². The van der Waals surface area contributed by atoms with Crippen LogP contribution in [0.4, 0.5) is 0 Å². The third kappa shape index (κ3) is 13.8. The molecule has 0 N–H and O–H groups in total. The molecule has 0 heterocycles. The molecule has 2 nitrogen and oxygen atoms in total. The maximum Gasteiger partial charge on any atom is 0.334 e. The van der Waals surface area contributed by atoms with E-state index in [1.165, 1.54) is 77.0 Å². The molecule has 0 unspecified atom stereocenters. The molecular weight excluding hydrogens is 288 g/mol. The predicted octanol–water partition coefficient (Wildman–Crippen LogP) is 6.83. The van der Waals surface area contributed by atoms with Crippen LogP contribution in [0.2, 0.25) is 12.6 Å². The number of hydrogen-bond donors (Lipinski definition) is 0. The summed E-state index contributed by atoms with van der Waals surface area (Å²) >= 11 is 0. The summed E-state index contributed by atoms with van der Waals surface area (Å²) in [4.78, 5) is 0. The molecular formula is C19H42O2Si. The fraction of sp³-hybridized carbons (Fsp3) is 1.00. The van der Waals surface area contributed by atoms with Gasteiger partial charge in [-0.15, -0.1) is 0 Å². The minimum atomic E-state index is -1.87. The van der Waals surface area contributed by atoms with Crippen molar-refractivity contribution in [1.29, 1.82) is 0 Å². The average Bonchev–Trinajstić information content (AvgIpc) is 2.53. The standard InChI is InChI=1S/C19H42O2Si/c1-5-8-10-12-14-16-18-20-22(4,7-3)21-19-17-15-13-11-9-6-2/h5-19H2,1-4H3. The van der Waals surface area contributed by atoms with Gasteiger partial charge < -0.3 is 8.85 Å². The van der Waals surface area contributed by atoms with Crippen molar-refractivity contribution in [2.75, 3.05) is 13.2 Å². The van der Waals surface area contributed by atoms with Gasteiger partial charge in [-0.25, -0.2) is 0 Å². The Kier molecular flexibility index (Phi) is 16.1. The Labute approximate surface area is 141 Å². The van der Waals surface area contributed by atoms with E-state index in [4.69, 9.17) is 8.85 Å². The van der Waals surface area contributed by atoms with Crippen LogP contribution < -0.4 is 0 Å². The topological polar surface area (TPSA) is 18.5 Å². The van der Waals surface area contributed by atoms with Gasteiger partial charge in [-0.3, -0.25) is 0 Å². The minimum Gasteiger partial charge on any atom is -0.394 e. The van der Waals surface area contributed by atoms with E-state index in [0.29, 0.717) is 0 Å². The number of hydrogen-bond acceptors (Lipinski definition) is 2. The quantitative estimate of drug-likeness (QED) is 0.215. The fourth-order valence-corrected chi connectivity index (χ4v) is 4.23. The molecule has 0 aromatic carbocycles. The van der Waals surface area contributed by atoms with E-state index >= 15 is 0 Å². The Hall–Kier alpha value is 0.137. The van der Waals surface area contributed by atoms with Gasteiger partial charge in [0.25, 0.3) is 0 Å². The molecule has 134 valence electrons. The van der Waals surface area contributed by atoms with Crippen molar-refractivity contribution in [3.05, 3.63) is 0 Å². The van der Waals surface area contributed by atoms with Gasteiger partial charge in [0.2, 0.25) is 0 Å². The second-order valence-electron chi connectivity index (χ2n) is 6.72. The lowest BCUT2D eigenvalue weighted by molar-refractivity contribution is 0.168. The zero-order valence-corrected chi connectivity index (χ0v) is 16.9. The Morgan fingerprint density at radius 1 is 0.545 bits per heavy atom. The van der Waals surface area contributed by atoms with Crippen molar-refractivity contribution >= 4 is 8.56 Å².